The maximum Gasteiger partial charge on any atom is 0.244 e. The molecular weight excluding hydrogens is 290 g/mol. The monoisotopic (exact) mass is 311 g/mol. The van der Waals surface area contributed by atoms with E-state index in [0.29, 0.717) is 6.54 Å². The van der Waals surface area contributed by atoms with Gasteiger partial charge in [0.05, 0.1) is 6.20 Å². The Balaban J connectivity index is 1.49. The number of nitrogens with zero attached hydrogens (tertiary/aromatic N) is 4. The fourth-order valence-electron chi connectivity index (χ4n) is 2.60. The Labute approximate surface area is 135 Å². The van der Waals surface area contributed by atoms with Gasteiger partial charge in [0.1, 0.15) is 5.82 Å². The molecule has 0 atom stereocenters. The smallest absolute Gasteiger partial charge is 0.244 e. The van der Waals surface area contributed by atoms with Gasteiger partial charge in [0, 0.05) is 50.7 Å². The van der Waals surface area contributed by atoms with Crippen LogP contribution in [0.4, 0.5) is 5.82 Å². The molecule has 3 rings (SSSR count). The maximum atomic E-state index is 11.8. The van der Waals surface area contributed by atoms with Crippen molar-refractivity contribution < 1.29 is 4.79 Å². The van der Waals surface area contributed by atoms with E-state index in [-0.39, 0.29) is 5.91 Å². The van der Waals surface area contributed by atoms with Gasteiger partial charge in [-0.3, -0.25) is 9.48 Å². The Morgan fingerprint density at radius 1 is 1.30 bits per heavy atom. The number of amides is 1. The molecule has 120 valence electrons. The van der Waals surface area contributed by atoms with Crippen molar-refractivity contribution in [1.82, 2.24) is 20.1 Å². The molecule has 3 heterocycles. The molecule has 0 radical (unpaired) electrons. The molecule has 6 heteroatoms. The molecule has 0 saturated carbocycles. The fourth-order valence-corrected chi connectivity index (χ4v) is 2.60. The number of hydrogen-bond donors (Lipinski definition) is 1. The summed E-state index contributed by atoms with van der Waals surface area (Å²) in [6, 6.07) is 4.05. The summed E-state index contributed by atoms with van der Waals surface area (Å²) in [4.78, 5) is 18.6. The van der Waals surface area contributed by atoms with Gasteiger partial charge >= 0.3 is 0 Å². The average Bonchev–Trinajstić information content (AvgIpc) is 3.23. The lowest BCUT2D eigenvalue weighted by atomic mass is 10.2. The standard InChI is InChI=1S/C17H21N5O/c1-21-13-15(12-20-21)5-7-17(23)19-11-14-4-6-16(18-10-14)22-8-2-3-9-22/h4-7,10,12-13H,2-3,8-9,11H2,1H3,(H,19,23). The van der Waals surface area contributed by atoms with E-state index >= 15 is 0 Å². The van der Waals surface area contributed by atoms with Crippen molar-refractivity contribution in [3.63, 3.8) is 0 Å². The molecule has 1 saturated heterocycles. The number of pyridine rings is 1. The zero-order valence-corrected chi connectivity index (χ0v) is 13.3. The molecule has 2 aromatic heterocycles. The first kappa shape index (κ1) is 15.3. The normalized spacial score (nSPS) is 14.6. The summed E-state index contributed by atoms with van der Waals surface area (Å²) in [7, 11) is 1.84. The predicted octanol–water partition coefficient (Wildman–Crippen LogP) is 1.74. The molecule has 2 aromatic rings. The van der Waals surface area contributed by atoms with Gasteiger partial charge in [-0.25, -0.2) is 4.98 Å². The van der Waals surface area contributed by atoms with E-state index in [9.17, 15) is 4.79 Å². The molecule has 1 amide bonds. The van der Waals surface area contributed by atoms with Crippen LogP contribution in [0, 0.1) is 0 Å². The summed E-state index contributed by atoms with van der Waals surface area (Å²) in [5, 5.41) is 6.91. The Morgan fingerprint density at radius 3 is 2.78 bits per heavy atom. The van der Waals surface area contributed by atoms with Gasteiger partial charge in [-0.15, -0.1) is 0 Å². The van der Waals surface area contributed by atoms with Gasteiger partial charge in [-0.2, -0.15) is 5.10 Å². The Kier molecular flexibility index (Phi) is 4.71. The minimum Gasteiger partial charge on any atom is -0.357 e. The first-order valence-corrected chi connectivity index (χ1v) is 7.85. The molecule has 0 bridgehead atoms. The SMILES string of the molecule is Cn1cc(C=CC(=O)NCc2ccc(N3CCCC3)nc2)cn1. The van der Waals surface area contributed by atoms with Crippen LogP contribution >= 0.6 is 0 Å². The molecule has 0 spiro atoms. The quantitative estimate of drug-likeness (QED) is 0.855. The van der Waals surface area contributed by atoms with Crippen LogP contribution in [0.25, 0.3) is 6.08 Å². The van der Waals surface area contributed by atoms with Crippen molar-refractivity contribution in [2.24, 2.45) is 7.05 Å². The van der Waals surface area contributed by atoms with Crippen LogP contribution in [0.3, 0.4) is 0 Å². The third-order valence-electron chi connectivity index (χ3n) is 3.86. The van der Waals surface area contributed by atoms with Crippen LogP contribution in [0.5, 0.6) is 0 Å². The third-order valence-corrected chi connectivity index (χ3v) is 3.86. The zero-order chi connectivity index (χ0) is 16.1. The van der Waals surface area contributed by atoms with Gasteiger partial charge in [0.2, 0.25) is 5.91 Å². The molecule has 0 unspecified atom stereocenters. The van der Waals surface area contributed by atoms with E-state index in [4.69, 9.17) is 0 Å². The Morgan fingerprint density at radius 2 is 2.13 bits per heavy atom. The molecule has 1 N–H and O–H groups in total. The molecular formula is C17H21N5O. The predicted molar refractivity (Wildman–Crippen MR) is 89.8 cm³/mol. The van der Waals surface area contributed by atoms with Crippen molar-refractivity contribution in [3.05, 3.63) is 47.9 Å². The number of aryl methyl sites for hydroxylation is 1. The van der Waals surface area contributed by atoms with E-state index in [1.807, 2.05) is 31.6 Å². The van der Waals surface area contributed by atoms with Gasteiger partial charge in [0.25, 0.3) is 0 Å². The van der Waals surface area contributed by atoms with Gasteiger partial charge in [0.15, 0.2) is 0 Å². The largest absolute Gasteiger partial charge is 0.357 e. The molecule has 0 aliphatic carbocycles. The van der Waals surface area contributed by atoms with Crippen LogP contribution in [0.1, 0.15) is 24.0 Å². The lowest BCUT2D eigenvalue weighted by Gasteiger charge is -2.16. The highest BCUT2D eigenvalue weighted by atomic mass is 16.1. The second-order valence-corrected chi connectivity index (χ2v) is 5.72. The van der Waals surface area contributed by atoms with Gasteiger partial charge in [-0.05, 0) is 30.5 Å². The summed E-state index contributed by atoms with van der Waals surface area (Å²) in [6.07, 6.45) is 11.1. The molecule has 23 heavy (non-hydrogen) atoms. The van der Waals surface area contributed by atoms with Crippen LogP contribution in [0.15, 0.2) is 36.8 Å². The second kappa shape index (κ2) is 7.09. The fraction of sp³-hybridized carbons (Fsp3) is 0.353. The molecule has 1 fully saturated rings. The lowest BCUT2D eigenvalue weighted by molar-refractivity contribution is -0.116. The van der Waals surface area contributed by atoms with Crippen molar-refractivity contribution in [2.75, 3.05) is 18.0 Å². The van der Waals surface area contributed by atoms with E-state index in [1.165, 1.54) is 18.9 Å². The third kappa shape index (κ3) is 4.18. The zero-order valence-electron chi connectivity index (χ0n) is 13.3. The summed E-state index contributed by atoms with van der Waals surface area (Å²) in [6.45, 7) is 2.65. The first-order valence-electron chi connectivity index (χ1n) is 7.85. The summed E-state index contributed by atoms with van der Waals surface area (Å²) < 4.78 is 1.70. The highest BCUT2D eigenvalue weighted by Crippen LogP contribution is 2.17. The van der Waals surface area contributed by atoms with Gasteiger partial charge in [-0.1, -0.05) is 6.07 Å². The highest BCUT2D eigenvalue weighted by molar-refractivity contribution is 5.91. The van der Waals surface area contributed by atoms with E-state index < -0.39 is 0 Å². The number of anilines is 1. The number of carbonyl (C=O) groups excluding carboxylic acids is 1. The van der Waals surface area contributed by atoms with Crippen molar-refractivity contribution in [2.45, 2.75) is 19.4 Å². The molecule has 0 aromatic carbocycles. The van der Waals surface area contributed by atoms with Crippen LogP contribution < -0.4 is 10.2 Å². The van der Waals surface area contributed by atoms with Crippen molar-refractivity contribution >= 4 is 17.8 Å². The first-order chi connectivity index (χ1) is 11.2. The van der Waals surface area contributed by atoms with E-state index in [2.05, 4.69) is 20.3 Å². The lowest BCUT2D eigenvalue weighted by Crippen LogP contribution is -2.21. The Bertz CT molecular complexity index is 683. The minimum atomic E-state index is -0.127. The number of hydrogen-bond acceptors (Lipinski definition) is 4. The minimum absolute atomic E-state index is 0.127. The summed E-state index contributed by atoms with van der Waals surface area (Å²) >= 11 is 0. The number of aromatic nitrogens is 3. The topological polar surface area (TPSA) is 63.1 Å². The number of nitrogens with one attached hydrogen (secondary N) is 1. The maximum absolute atomic E-state index is 11.8. The van der Waals surface area contributed by atoms with Crippen LogP contribution in [-0.4, -0.2) is 33.8 Å². The van der Waals surface area contributed by atoms with Crippen molar-refractivity contribution in [1.29, 1.82) is 0 Å². The highest BCUT2D eigenvalue weighted by Gasteiger charge is 2.12. The van der Waals surface area contributed by atoms with Crippen LogP contribution in [-0.2, 0) is 18.4 Å². The average molecular weight is 311 g/mol. The summed E-state index contributed by atoms with van der Waals surface area (Å²) in [5.74, 6) is 0.895. The van der Waals surface area contributed by atoms with Gasteiger partial charge < -0.3 is 10.2 Å². The number of carbonyl (C=O) groups is 1. The van der Waals surface area contributed by atoms with E-state index in [1.54, 1.807) is 17.0 Å². The van der Waals surface area contributed by atoms with Crippen molar-refractivity contribution in [3.8, 4) is 0 Å². The number of rotatable bonds is 5. The molecule has 6 nitrogen and oxygen atoms in total. The summed E-state index contributed by atoms with van der Waals surface area (Å²) in [5.41, 5.74) is 1.90. The molecule has 1 aliphatic heterocycles. The molecule has 1 aliphatic rings. The van der Waals surface area contributed by atoms with Crippen LogP contribution in [0.2, 0.25) is 0 Å². The van der Waals surface area contributed by atoms with E-state index in [0.717, 1.165) is 30.0 Å². The second-order valence-electron chi connectivity index (χ2n) is 5.72. The Hall–Kier alpha value is -2.63.